The Morgan fingerprint density at radius 2 is 1.64 bits per heavy atom. The quantitative estimate of drug-likeness (QED) is 0.182. The van der Waals surface area contributed by atoms with Crippen LogP contribution in [0.3, 0.4) is 0 Å². The first-order valence-electron chi connectivity index (χ1n) is 16.2. The lowest BCUT2D eigenvalue weighted by molar-refractivity contribution is -0.101. The molecule has 3 aliphatic rings. The van der Waals surface area contributed by atoms with Crippen molar-refractivity contribution in [2.45, 2.75) is 70.6 Å². The van der Waals surface area contributed by atoms with Crippen LogP contribution in [0.2, 0.25) is 0 Å². The molecule has 3 atom stereocenters. The first-order chi connectivity index (χ1) is 23.6. The van der Waals surface area contributed by atoms with Crippen LogP contribution in [0.1, 0.15) is 52.4 Å². The van der Waals surface area contributed by atoms with Crippen LogP contribution < -0.4 is 4.74 Å². The summed E-state index contributed by atoms with van der Waals surface area (Å²) in [7, 11) is 2.86. The molecule has 0 aromatic heterocycles. The highest BCUT2D eigenvalue weighted by Gasteiger charge is 2.48. The first-order valence-corrected chi connectivity index (χ1v) is 16.2. The highest BCUT2D eigenvalue weighted by molar-refractivity contribution is 5.91. The number of carbonyl (C=O) groups excluding carboxylic acids is 2. The van der Waals surface area contributed by atoms with E-state index in [1.807, 2.05) is 37.3 Å². The normalized spacial score (nSPS) is 20.6. The van der Waals surface area contributed by atoms with E-state index in [4.69, 9.17) is 14.2 Å². The summed E-state index contributed by atoms with van der Waals surface area (Å²) in [6, 6.07) is 14.2. The third-order valence-electron chi connectivity index (χ3n) is 9.84. The van der Waals surface area contributed by atoms with Gasteiger partial charge in [0.05, 0.1) is 37.9 Å². The third-order valence-corrected chi connectivity index (χ3v) is 9.84. The van der Waals surface area contributed by atoms with Gasteiger partial charge in [0.15, 0.2) is 0 Å². The molecule has 6 nitrogen and oxygen atoms in total. The number of rotatable bonds is 7. The summed E-state index contributed by atoms with van der Waals surface area (Å²) < 4.78 is 98.3. The molecule has 1 saturated heterocycles. The number of aryl methyl sites for hydroxylation is 3. The second kappa shape index (κ2) is 13.2. The van der Waals surface area contributed by atoms with Crippen molar-refractivity contribution in [1.29, 1.82) is 0 Å². The van der Waals surface area contributed by atoms with Gasteiger partial charge in [-0.3, -0.25) is 4.90 Å². The number of halogens is 6. The molecular formula is C38H35F6NO5. The van der Waals surface area contributed by atoms with Crippen LogP contribution >= 0.6 is 0 Å². The molecule has 1 fully saturated rings. The maximum Gasteiger partial charge on any atom is 0.416 e. The van der Waals surface area contributed by atoms with Gasteiger partial charge in [-0.2, -0.15) is 26.3 Å². The number of benzene rings is 3. The van der Waals surface area contributed by atoms with Crippen LogP contribution in [0.4, 0.5) is 31.1 Å². The number of methoxy groups -OCH3 is 2. The van der Waals surface area contributed by atoms with Gasteiger partial charge in [-0.15, -0.1) is 0 Å². The Kier molecular flexibility index (Phi) is 9.26. The lowest BCUT2D eigenvalue weighted by atomic mass is 9.83. The van der Waals surface area contributed by atoms with Gasteiger partial charge in [0.1, 0.15) is 11.9 Å². The lowest BCUT2D eigenvalue weighted by Gasteiger charge is -2.30. The molecular weight excluding hydrogens is 664 g/mol. The van der Waals surface area contributed by atoms with Gasteiger partial charge in [0.2, 0.25) is 0 Å². The molecule has 6 rings (SSSR count). The van der Waals surface area contributed by atoms with E-state index < -0.39 is 60.0 Å². The lowest BCUT2D eigenvalue weighted by Crippen LogP contribution is -2.38. The molecule has 0 saturated carbocycles. The van der Waals surface area contributed by atoms with E-state index in [2.05, 4.69) is 6.07 Å². The van der Waals surface area contributed by atoms with Crippen molar-refractivity contribution in [3.8, 4) is 28.0 Å². The van der Waals surface area contributed by atoms with Gasteiger partial charge >= 0.3 is 24.4 Å². The number of alkyl halides is 6. The summed E-state index contributed by atoms with van der Waals surface area (Å²) >= 11 is 0. The number of allylic oxidation sites excluding steroid dienone is 3. The number of amides is 1. The summed E-state index contributed by atoms with van der Waals surface area (Å²) in [6.07, 6.45) is -9.28. The zero-order chi connectivity index (χ0) is 36.1. The van der Waals surface area contributed by atoms with Crippen molar-refractivity contribution in [1.82, 2.24) is 4.90 Å². The number of cyclic esters (lactones) is 1. The van der Waals surface area contributed by atoms with Gasteiger partial charge in [0.25, 0.3) is 0 Å². The van der Waals surface area contributed by atoms with Crippen molar-refractivity contribution >= 4 is 12.1 Å². The fraction of sp³-hybridized carbons (Fsp3) is 0.368. The van der Waals surface area contributed by atoms with Gasteiger partial charge < -0.3 is 14.2 Å². The maximum atomic E-state index is 13.7. The highest BCUT2D eigenvalue weighted by atomic mass is 19.4. The second-order valence-corrected chi connectivity index (χ2v) is 12.9. The van der Waals surface area contributed by atoms with Crippen LogP contribution in [0.25, 0.3) is 22.3 Å². The van der Waals surface area contributed by atoms with Crippen molar-refractivity contribution in [3.63, 3.8) is 0 Å². The first kappa shape index (κ1) is 35.1. The fourth-order valence-electron chi connectivity index (χ4n) is 7.26. The number of esters is 1. The summed E-state index contributed by atoms with van der Waals surface area (Å²) in [6.45, 7) is 3.47. The Morgan fingerprint density at radius 3 is 2.28 bits per heavy atom. The topological polar surface area (TPSA) is 65.1 Å². The van der Waals surface area contributed by atoms with Gasteiger partial charge in [0, 0.05) is 17.1 Å². The Hall–Kier alpha value is -4.74. The van der Waals surface area contributed by atoms with E-state index in [0.717, 1.165) is 69.8 Å². The van der Waals surface area contributed by atoms with Crippen molar-refractivity contribution in [2.24, 2.45) is 5.92 Å². The average molecular weight is 700 g/mol. The van der Waals surface area contributed by atoms with Crippen LogP contribution in [-0.4, -0.2) is 55.7 Å². The zero-order valence-corrected chi connectivity index (χ0v) is 27.8. The molecule has 0 spiro atoms. The molecule has 0 bridgehead atoms. The minimum Gasteiger partial charge on any atom is -0.496 e. The Bertz CT molecular complexity index is 1910. The monoisotopic (exact) mass is 699 g/mol. The average Bonchev–Trinajstić information content (AvgIpc) is 3.65. The standard InChI is InChI=1S/C38H35F6NO5/c1-20-12-25(35(46)49-4)8-10-30(20)24-9-11-33(48-3)32(17-24)31-16-23-7-5-6-22(23)13-27(31)19-45-21(2)34(50-36(45)47)26-14-28(37(39,40)41)18-29(15-26)38(42,43)44/h8-14,16-18,21,26,34H,5-7,15,19H2,1-4H3. The molecule has 0 radical (unpaired) electrons. The van der Waals surface area contributed by atoms with E-state index in [1.54, 1.807) is 26.2 Å². The van der Waals surface area contributed by atoms with Gasteiger partial charge in [-0.1, -0.05) is 30.3 Å². The number of nitrogens with zero attached hydrogens (tertiary/aromatic N) is 1. The number of hydrogen-bond acceptors (Lipinski definition) is 5. The molecule has 1 aliphatic heterocycles. The minimum absolute atomic E-state index is 0.00385. The third kappa shape index (κ3) is 6.72. The molecule has 3 aromatic rings. The molecule has 1 amide bonds. The zero-order valence-electron chi connectivity index (χ0n) is 27.8. The molecule has 50 heavy (non-hydrogen) atoms. The molecule has 0 N–H and O–H groups in total. The largest absolute Gasteiger partial charge is 0.496 e. The van der Waals surface area contributed by atoms with Crippen LogP contribution in [-0.2, 0) is 28.9 Å². The van der Waals surface area contributed by atoms with Gasteiger partial charge in [-0.25, -0.2) is 9.59 Å². The summed E-state index contributed by atoms with van der Waals surface area (Å²) in [4.78, 5) is 26.8. The minimum atomic E-state index is -5.00. The van der Waals surface area contributed by atoms with Crippen LogP contribution in [0.5, 0.6) is 5.75 Å². The molecule has 3 aromatic carbocycles. The number of hydrogen-bond donors (Lipinski definition) is 0. The second-order valence-electron chi connectivity index (χ2n) is 12.9. The smallest absolute Gasteiger partial charge is 0.416 e. The summed E-state index contributed by atoms with van der Waals surface area (Å²) in [5, 5.41) is 0. The fourth-order valence-corrected chi connectivity index (χ4v) is 7.26. The number of fused-ring (bicyclic) bond motifs is 1. The van der Waals surface area contributed by atoms with Crippen LogP contribution in [0.15, 0.2) is 71.8 Å². The number of ether oxygens (including phenoxy) is 3. The molecule has 12 heteroatoms. The van der Waals surface area contributed by atoms with E-state index in [0.29, 0.717) is 11.3 Å². The predicted octanol–water partition coefficient (Wildman–Crippen LogP) is 9.32. The Labute approximate surface area is 285 Å². The SMILES string of the molecule is COC(=O)c1ccc(-c2ccc(OC)c(-c3cc4c(cc3CN3C(=O)OC(C5C=C(C(F)(F)F)C=C(C(F)(F)F)C5)C3C)CCC4)c2)c(C)c1. The van der Waals surface area contributed by atoms with E-state index in [9.17, 15) is 35.9 Å². The highest BCUT2D eigenvalue weighted by Crippen LogP contribution is 2.45. The van der Waals surface area contributed by atoms with E-state index in [-0.39, 0.29) is 12.6 Å². The predicted molar refractivity (Wildman–Crippen MR) is 174 cm³/mol. The van der Waals surface area contributed by atoms with E-state index in [1.165, 1.54) is 12.0 Å². The van der Waals surface area contributed by atoms with Crippen molar-refractivity contribution < 1.29 is 50.1 Å². The van der Waals surface area contributed by atoms with Crippen molar-refractivity contribution in [3.05, 3.63) is 99.6 Å². The molecule has 264 valence electrons. The Morgan fingerprint density at radius 1 is 0.920 bits per heavy atom. The van der Waals surface area contributed by atoms with Crippen LogP contribution in [0, 0.1) is 12.8 Å². The maximum absolute atomic E-state index is 13.7. The molecule has 2 aliphatic carbocycles. The van der Waals surface area contributed by atoms with E-state index >= 15 is 0 Å². The number of carbonyl (C=O) groups is 2. The molecule has 3 unspecified atom stereocenters. The van der Waals surface area contributed by atoms with Gasteiger partial charge in [-0.05, 0) is 109 Å². The molecule has 1 heterocycles. The summed E-state index contributed by atoms with van der Waals surface area (Å²) in [5.74, 6) is -1.22. The summed E-state index contributed by atoms with van der Waals surface area (Å²) in [5.41, 5.74) is 4.72. The van der Waals surface area contributed by atoms with Crippen molar-refractivity contribution in [2.75, 3.05) is 14.2 Å². The Balaban J connectivity index is 1.37.